The molecular weight excluding hydrogens is 244 g/mol. The molecule has 1 rings (SSSR count). The van der Waals surface area contributed by atoms with Crippen molar-refractivity contribution in [3.8, 4) is 0 Å². The zero-order valence-corrected chi connectivity index (χ0v) is 11.8. The van der Waals surface area contributed by atoms with Crippen LogP contribution in [0.2, 0.25) is 0 Å². The van der Waals surface area contributed by atoms with E-state index in [9.17, 15) is 9.59 Å². The van der Waals surface area contributed by atoms with Crippen molar-refractivity contribution >= 4 is 12.0 Å². The fourth-order valence-electron chi connectivity index (χ4n) is 2.08. The van der Waals surface area contributed by atoms with Crippen LogP contribution in [0.1, 0.15) is 33.1 Å². The van der Waals surface area contributed by atoms with Gasteiger partial charge in [0.25, 0.3) is 0 Å². The number of hydrogen-bond donors (Lipinski definition) is 2. The van der Waals surface area contributed by atoms with Crippen LogP contribution < -0.4 is 5.32 Å². The zero-order chi connectivity index (χ0) is 14.4. The minimum atomic E-state index is -0.851. The quantitative estimate of drug-likeness (QED) is 0.662. The van der Waals surface area contributed by atoms with Crippen LogP contribution in [0.3, 0.4) is 0 Å². The first kappa shape index (κ1) is 15.5. The molecule has 0 bridgehead atoms. The highest BCUT2D eigenvalue weighted by Gasteiger charge is 2.32. The number of carboxylic acids is 1. The summed E-state index contributed by atoms with van der Waals surface area (Å²) in [6.07, 6.45) is 4.31. The molecule has 0 aliphatic heterocycles. The van der Waals surface area contributed by atoms with Crippen molar-refractivity contribution in [1.29, 1.82) is 0 Å². The van der Waals surface area contributed by atoms with Crippen LogP contribution in [-0.2, 0) is 4.79 Å². The first-order valence-corrected chi connectivity index (χ1v) is 6.83. The number of urea groups is 1. The molecule has 2 N–H and O–H groups in total. The Bertz CT molecular complexity index is 338. The highest BCUT2D eigenvalue weighted by Crippen LogP contribution is 2.26. The number of rotatable bonds is 8. The number of amides is 2. The Hall–Kier alpha value is -1.52. The van der Waals surface area contributed by atoms with Gasteiger partial charge in [-0.2, -0.15) is 0 Å². The molecule has 0 radical (unpaired) electrons. The number of aliphatic carboxylic acids is 1. The van der Waals surface area contributed by atoms with Crippen molar-refractivity contribution in [3.05, 3.63) is 12.7 Å². The predicted molar refractivity (Wildman–Crippen MR) is 73.9 cm³/mol. The fourth-order valence-corrected chi connectivity index (χ4v) is 2.08. The molecule has 19 heavy (non-hydrogen) atoms. The normalized spacial score (nSPS) is 15.9. The van der Waals surface area contributed by atoms with Crippen LogP contribution in [0.5, 0.6) is 0 Å². The maximum Gasteiger partial charge on any atom is 0.317 e. The molecule has 0 aromatic heterocycles. The van der Waals surface area contributed by atoms with Crippen LogP contribution in [0.4, 0.5) is 4.79 Å². The number of carbonyl (C=O) groups is 2. The molecule has 2 amide bonds. The van der Waals surface area contributed by atoms with Gasteiger partial charge in [0.2, 0.25) is 0 Å². The molecule has 108 valence electrons. The third-order valence-electron chi connectivity index (χ3n) is 3.18. The Kier molecular flexibility index (Phi) is 5.86. The summed E-state index contributed by atoms with van der Waals surface area (Å²) in [6.45, 7) is 8.30. The molecule has 1 atom stereocenters. The van der Waals surface area contributed by atoms with Crippen molar-refractivity contribution in [2.24, 2.45) is 11.8 Å². The summed E-state index contributed by atoms with van der Waals surface area (Å²) in [6, 6.07) is 0.115. The Labute approximate surface area is 114 Å². The van der Waals surface area contributed by atoms with Crippen molar-refractivity contribution in [1.82, 2.24) is 10.2 Å². The van der Waals surface area contributed by atoms with Gasteiger partial charge in [-0.3, -0.25) is 4.79 Å². The molecule has 0 spiro atoms. The summed E-state index contributed by atoms with van der Waals surface area (Å²) in [5.74, 6) is -1.07. The van der Waals surface area contributed by atoms with E-state index in [4.69, 9.17) is 5.11 Å². The smallest absolute Gasteiger partial charge is 0.317 e. The summed E-state index contributed by atoms with van der Waals surface area (Å²) < 4.78 is 0. The molecule has 5 nitrogen and oxygen atoms in total. The lowest BCUT2D eigenvalue weighted by Gasteiger charge is -2.23. The number of carbonyl (C=O) groups excluding carboxylic acids is 1. The van der Waals surface area contributed by atoms with Crippen LogP contribution in [-0.4, -0.2) is 41.1 Å². The van der Waals surface area contributed by atoms with Gasteiger partial charge in [-0.15, -0.1) is 6.58 Å². The van der Waals surface area contributed by atoms with E-state index in [0.29, 0.717) is 24.9 Å². The third kappa shape index (κ3) is 5.32. The highest BCUT2D eigenvalue weighted by atomic mass is 16.4. The number of hydrogen-bond acceptors (Lipinski definition) is 2. The lowest BCUT2D eigenvalue weighted by Crippen LogP contribution is -2.44. The standard InChI is InChI=1S/C14H24N2O3/c1-4-7-16(12-5-6-12)14(19)15-9-11(13(17)18)8-10(2)3/h4,10-12H,1,5-9H2,2-3H3,(H,15,19)(H,17,18). The van der Waals surface area contributed by atoms with Crippen LogP contribution >= 0.6 is 0 Å². The highest BCUT2D eigenvalue weighted by molar-refractivity contribution is 5.76. The maximum absolute atomic E-state index is 12.0. The first-order valence-electron chi connectivity index (χ1n) is 6.83. The van der Waals surface area contributed by atoms with Crippen molar-refractivity contribution < 1.29 is 14.7 Å². The second-order valence-electron chi connectivity index (χ2n) is 5.52. The summed E-state index contributed by atoms with van der Waals surface area (Å²) in [5, 5.41) is 11.9. The van der Waals surface area contributed by atoms with E-state index in [1.807, 2.05) is 13.8 Å². The summed E-state index contributed by atoms with van der Waals surface area (Å²) in [5.41, 5.74) is 0. The molecule has 0 aromatic carbocycles. The molecule has 1 aliphatic rings. The molecular formula is C14H24N2O3. The summed E-state index contributed by atoms with van der Waals surface area (Å²) in [4.78, 5) is 24.8. The molecule has 5 heteroatoms. The fraction of sp³-hybridized carbons (Fsp3) is 0.714. The minimum Gasteiger partial charge on any atom is -0.481 e. The Balaban J connectivity index is 2.45. The maximum atomic E-state index is 12.0. The van der Waals surface area contributed by atoms with Gasteiger partial charge in [0.15, 0.2) is 0 Å². The van der Waals surface area contributed by atoms with E-state index in [1.54, 1.807) is 11.0 Å². The lowest BCUT2D eigenvalue weighted by molar-refractivity contribution is -0.142. The molecule has 1 unspecified atom stereocenters. The Morgan fingerprint density at radius 1 is 1.47 bits per heavy atom. The van der Waals surface area contributed by atoms with Gasteiger partial charge >= 0.3 is 12.0 Å². The number of carboxylic acid groups (broad SMARTS) is 1. The van der Waals surface area contributed by atoms with Gasteiger partial charge < -0.3 is 15.3 Å². The van der Waals surface area contributed by atoms with Crippen molar-refractivity contribution in [3.63, 3.8) is 0 Å². The van der Waals surface area contributed by atoms with E-state index in [2.05, 4.69) is 11.9 Å². The second-order valence-corrected chi connectivity index (χ2v) is 5.52. The van der Waals surface area contributed by atoms with E-state index >= 15 is 0 Å². The topological polar surface area (TPSA) is 69.6 Å². The van der Waals surface area contributed by atoms with Crippen LogP contribution in [0.15, 0.2) is 12.7 Å². The average Bonchev–Trinajstić information content (AvgIpc) is 3.14. The van der Waals surface area contributed by atoms with Crippen LogP contribution in [0, 0.1) is 11.8 Å². The van der Waals surface area contributed by atoms with Gasteiger partial charge in [-0.1, -0.05) is 19.9 Å². The van der Waals surface area contributed by atoms with E-state index in [-0.39, 0.29) is 12.6 Å². The summed E-state index contributed by atoms with van der Waals surface area (Å²) >= 11 is 0. The van der Waals surface area contributed by atoms with Gasteiger partial charge in [-0.25, -0.2) is 4.79 Å². The molecule has 0 aromatic rings. The molecule has 1 saturated carbocycles. The van der Waals surface area contributed by atoms with E-state index in [1.165, 1.54) is 0 Å². The molecule has 0 saturated heterocycles. The van der Waals surface area contributed by atoms with Crippen molar-refractivity contribution in [2.75, 3.05) is 13.1 Å². The lowest BCUT2D eigenvalue weighted by atomic mass is 9.97. The average molecular weight is 268 g/mol. The monoisotopic (exact) mass is 268 g/mol. The molecule has 1 fully saturated rings. The second kappa shape index (κ2) is 7.16. The third-order valence-corrected chi connectivity index (χ3v) is 3.18. The van der Waals surface area contributed by atoms with E-state index in [0.717, 1.165) is 12.8 Å². The zero-order valence-electron chi connectivity index (χ0n) is 11.8. The SMILES string of the molecule is C=CCN(C(=O)NCC(CC(C)C)C(=O)O)C1CC1. The van der Waals surface area contributed by atoms with Crippen LogP contribution in [0.25, 0.3) is 0 Å². The van der Waals surface area contributed by atoms with Gasteiger partial charge in [-0.05, 0) is 25.2 Å². The van der Waals surface area contributed by atoms with E-state index < -0.39 is 11.9 Å². The molecule has 0 heterocycles. The summed E-state index contributed by atoms with van der Waals surface area (Å²) in [7, 11) is 0. The predicted octanol–water partition coefficient (Wildman–Crippen LogP) is 2.09. The van der Waals surface area contributed by atoms with Crippen molar-refractivity contribution in [2.45, 2.75) is 39.2 Å². The minimum absolute atomic E-state index is 0.183. The Morgan fingerprint density at radius 3 is 2.53 bits per heavy atom. The number of nitrogens with zero attached hydrogens (tertiary/aromatic N) is 1. The van der Waals surface area contributed by atoms with Gasteiger partial charge in [0.1, 0.15) is 0 Å². The first-order chi connectivity index (χ1) is 8.95. The molecule has 1 aliphatic carbocycles. The van der Waals surface area contributed by atoms with Gasteiger partial charge in [0, 0.05) is 19.1 Å². The Morgan fingerprint density at radius 2 is 2.11 bits per heavy atom. The largest absolute Gasteiger partial charge is 0.481 e. The number of nitrogens with one attached hydrogen (secondary N) is 1. The van der Waals surface area contributed by atoms with Gasteiger partial charge in [0.05, 0.1) is 5.92 Å².